The summed E-state index contributed by atoms with van der Waals surface area (Å²) in [5.41, 5.74) is 0.498. The number of nitriles is 1. The van der Waals surface area contributed by atoms with E-state index in [-0.39, 0.29) is 5.91 Å². The molecule has 0 spiro atoms. The zero-order chi connectivity index (χ0) is 12.0. The molecule has 1 aromatic heterocycles. The van der Waals surface area contributed by atoms with Crippen molar-refractivity contribution in [1.29, 1.82) is 5.26 Å². The molecule has 0 N–H and O–H groups in total. The number of pyridine rings is 1. The molecule has 0 atom stereocenters. The molecule has 1 heterocycles. The highest BCUT2D eigenvalue weighted by Crippen LogP contribution is 2.11. The zero-order valence-corrected chi connectivity index (χ0v) is 9.60. The van der Waals surface area contributed by atoms with Crippen molar-refractivity contribution in [3.8, 4) is 6.07 Å². The molecule has 0 aliphatic heterocycles. The van der Waals surface area contributed by atoms with E-state index in [1.807, 2.05) is 13.0 Å². The fraction of sp³-hybridized carbons (Fsp3) is 0.417. The van der Waals surface area contributed by atoms with Gasteiger partial charge in [-0.1, -0.05) is 13.3 Å². The standard InChI is InChI=1S/C12H15N3O/c1-3-4-5-12(16)15(2)11-7-6-10(8-13)9-14-11/h6-7,9H,3-5H2,1-2H3. The minimum absolute atomic E-state index is 0.0547. The molecule has 16 heavy (non-hydrogen) atoms. The van der Waals surface area contributed by atoms with Crippen molar-refractivity contribution >= 4 is 11.7 Å². The fourth-order valence-electron chi connectivity index (χ4n) is 1.27. The van der Waals surface area contributed by atoms with Gasteiger partial charge in [0, 0.05) is 19.7 Å². The van der Waals surface area contributed by atoms with Gasteiger partial charge in [0.1, 0.15) is 11.9 Å². The molecule has 0 aromatic carbocycles. The number of hydrogen-bond acceptors (Lipinski definition) is 3. The predicted octanol–water partition coefficient (Wildman–Crippen LogP) is 2.11. The minimum Gasteiger partial charge on any atom is -0.300 e. The molecule has 0 saturated heterocycles. The number of nitrogens with zero attached hydrogens (tertiary/aromatic N) is 3. The van der Waals surface area contributed by atoms with Crippen LogP contribution in [0, 0.1) is 11.3 Å². The van der Waals surface area contributed by atoms with E-state index in [1.54, 1.807) is 19.2 Å². The van der Waals surface area contributed by atoms with Crippen LogP contribution >= 0.6 is 0 Å². The monoisotopic (exact) mass is 217 g/mol. The maximum absolute atomic E-state index is 11.7. The summed E-state index contributed by atoms with van der Waals surface area (Å²) in [6, 6.07) is 5.33. The van der Waals surface area contributed by atoms with Gasteiger partial charge in [0.2, 0.25) is 5.91 Å². The molecule has 1 amide bonds. The first-order valence-electron chi connectivity index (χ1n) is 5.31. The Morgan fingerprint density at radius 3 is 2.81 bits per heavy atom. The van der Waals surface area contributed by atoms with E-state index in [4.69, 9.17) is 5.26 Å². The predicted molar refractivity (Wildman–Crippen MR) is 61.9 cm³/mol. The second-order valence-electron chi connectivity index (χ2n) is 3.57. The van der Waals surface area contributed by atoms with Crippen LogP contribution in [-0.2, 0) is 4.79 Å². The lowest BCUT2D eigenvalue weighted by Gasteiger charge is -2.15. The van der Waals surface area contributed by atoms with E-state index in [1.165, 1.54) is 11.1 Å². The fourth-order valence-corrected chi connectivity index (χ4v) is 1.27. The van der Waals surface area contributed by atoms with Gasteiger partial charge in [-0.15, -0.1) is 0 Å². The average Bonchev–Trinajstić information content (AvgIpc) is 2.35. The quantitative estimate of drug-likeness (QED) is 0.776. The Morgan fingerprint density at radius 2 is 2.31 bits per heavy atom. The van der Waals surface area contributed by atoms with Crippen molar-refractivity contribution in [2.45, 2.75) is 26.2 Å². The van der Waals surface area contributed by atoms with Crippen LogP contribution in [0.5, 0.6) is 0 Å². The van der Waals surface area contributed by atoms with Crippen LogP contribution < -0.4 is 4.90 Å². The second kappa shape index (κ2) is 5.86. The number of carbonyl (C=O) groups excluding carboxylic acids is 1. The van der Waals surface area contributed by atoms with Crippen LogP contribution in [0.1, 0.15) is 31.7 Å². The molecule has 84 valence electrons. The first-order chi connectivity index (χ1) is 7.69. The van der Waals surface area contributed by atoms with E-state index in [0.29, 0.717) is 17.8 Å². The SMILES string of the molecule is CCCCC(=O)N(C)c1ccc(C#N)cn1. The molecule has 0 fully saturated rings. The summed E-state index contributed by atoms with van der Waals surface area (Å²) in [4.78, 5) is 17.3. The van der Waals surface area contributed by atoms with Crippen LogP contribution in [0.15, 0.2) is 18.3 Å². The van der Waals surface area contributed by atoms with Crippen molar-refractivity contribution in [3.05, 3.63) is 23.9 Å². The minimum atomic E-state index is 0.0547. The van der Waals surface area contributed by atoms with E-state index < -0.39 is 0 Å². The van der Waals surface area contributed by atoms with E-state index >= 15 is 0 Å². The lowest BCUT2D eigenvalue weighted by Crippen LogP contribution is -2.26. The molecule has 0 unspecified atom stereocenters. The van der Waals surface area contributed by atoms with Crippen LogP contribution in [-0.4, -0.2) is 17.9 Å². The highest BCUT2D eigenvalue weighted by atomic mass is 16.2. The third-order valence-electron chi connectivity index (χ3n) is 2.34. The van der Waals surface area contributed by atoms with Gasteiger partial charge in [-0.2, -0.15) is 5.26 Å². The second-order valence-corrected chi connectivity index (χ2v) is 3.57. The van der Waals surface area contributed by atoms with Gasteiger partial charge in [-0.3, -0.25) is 9.69 Å². The summed E-state index contributed by atoms with van der Waals surface area (Å²) >= 11 is 0. The topological polar surface area (TPSA) is 57.0 Å². The molecule has 4 nitrogen and oxygen atoms in total. The van der Waals surface area contributed by atoms with Crippen molar-refractivity contribution < 1.29 is 4.79 Å². The van der Waals surface area contributed by atoms with E-state index in [9.17, 15) is 4.79 Å². The van der Waals surface area contributed by atoms with Crippen LogP contribution in [0.3, 0.4) is 0 Å². The van der Waals surface area contributed by atoms with Gasteiger partial charge >= 0.3 is 0 Å². The van der Waals surface area contributed by atoms with Crippen molar-refractivity contribution in [2.75, 3.05) is 11.9 Å². The van der Waals surface area contributed by atoms with Gasteiger partial charge in [-0.05, 0) is 18.6 Å². The zero-order valence-electron chi connectivity index (χ0n) is 9.60. The Hall–Kier alpha value is -1.89. The lowest BCUT2D eigenvalue weighted by atomic mass is 10.2. The third kappa shape index (κ3) is 3.06. The molecule has 4 heteroatoms. The smallest absolute Gasteiger partial charge is 0.227 e. The molecular formula is C12H15N3O. The van der Waals surface area contributed by atoms with Crippen LogP contribution in [0.2, 0.25) is 0 Å². The molecule has 0 radical (unpaired) electrons. The molecule has 0 bridgehead atoms. The number of amides is 1. The Morgan fingerprint density at radius 1 is 1.56 bits per heavy atom. The third-order valence-corrected chi connectivity index (χ3v) is 2.34. The van der Waals surface area contributed by atoms with E-state index in [0.717, 1.165) is 12.8 Å². The lowest BCUT2D eigenvalue weighted by molar-refractivity contribution is -0.118. The Balaban J connectivity index is 2.69. The number of rotatable bonds is 4. The normalized spacial score (nSPS) is 9.56. The summed E-state index contributed by atoms with van der Waals surface area (Å²) in [5, 5.41) is 8.62. The van der Waals surface area contributed by atoms with Crippen molar-refractivity contribution in [1.82, 2.24) is 4.98 Å². The van der Waals surface area contributed by atoms with Crippen LogP contribution in [0.4, 0.5) is 5.82 Å². The summed E-state index contributed by atoms with van der Waals surface area (Å²) in [6.45, 7) is 2.05. The maximum atomic E-state index is 11.7. The van der Waals surface area contributed by atoms with Gasteiger partial charge in [0.05, 0.1) is 5.56 Å². The highest BCUT2D eigenvalue weighted by Gasteiger charge is 2.10. The summed E-state index contributed by atoms with van der Waals surface area (Å²) in [7, 11) is 1.70. The molecule has 0 aliphatic rings. The highest BCUT2D eigenvalue weighted by molar-refractivity contribution is 5.91. The number of aromatic nitrogens is 1. The van der Waals surface area contributed by atoms with Crippen molar-refractivity contribution in [3.63, 3.8) is 0 Å². The largest absolute Gasteiger partial charge is 0.300 e. The summed E-state index contributed by atoms with van der Waals surface area (Å²) < 4.78 is 0. The molecule has 1 aromatic rings. The summed E-state index contributed by atoms with van der Waals surface area (Å²) in [5.74, 6) is 0.638. The Labute approximate surface area is 95.5 Å². The Bertz CT molecular complexity index is 392. The van der Waals surface area contributed by atoms with Gasteiger partial charge in [-0.25, -0.2) is 4.98 Å². The Kier molecular flexibility index (Phi) is 4.46. The summed E-state index contributed by atoms with van der Waals surface area (Å²) in [6.07, 6.45) is 3.90. The van der Waals surface area contributed by atoms with Crippen LogP contribution in [0.25, 0.3) is 0 Å². The van der Waals surface area contributed by atoms with E-state index in [2.05, 4.69) is 4.98 Å². The number of unbranched alkanes of at least 4 members (excludes halogenated alkanes) is 1. The number of hydrogen-bond donors (Lipinski definition) is 0. The van der Waals surface area contributed by atoms with Gasteiger partial charge < -0.3 is 0 Å². The first-order valence-corrected chi connectivity index (χ1v) is 5.31. The average molecular weight is 217 g/mol. The van der Waals surface area contributed by atoms with Crippen molar-refractivity contribution in [2.24, 2.45) is 0 Å². The van der Waals surface area contributed by atoms with Gasteiger partial charge in [0.25, 0.3) is 0 Å². The number of anilines is 1. The molecule has 0 saturated carbocycles. The molecular weight excluding hydrogens is 202 g/mol. The molecule has 0 aliphatic carbocycles. The number of carbonyl (C=O) groups is 1. The van der Waals surface area contributed by atoms with Gasteiger partial charge in [0.15, 0.2) is 0 Å². The first kappa shape index (κ1) is 12.2. The molecule has 1 rings (SSSR count). The maximum Gasteiger partial charge on any atom is 0.227 e.